The van der Waals surface area contributed by atoms with Gasteiger partial charge in [0.05, 0.1) is 18.0 Å². The van der Waals surface area contributed by atoms with Crippen LogP contribution in [0.2, 0.25) is 0 Å². The monoisotopic (exact) mass is 430 g/mol. The molecule has 10 heteroatoms. The second-order valence-electron chi connectivity index (χ2n) is 6.60. The standard InChI is InChI=1S/C21H22N2O8/c1-2-31-17(24)12-16(13-8-10-15(11-9-13)23(29)30)18(21(27)28)22-20(26)19(25)14-6-4-3-5-7-14/h3-11,16,18-19,25H,2,12H2,1H3,(H,22,26)(H,27,28)/t16-,18+,19+/m1/s1. The molecule has 0 unspecified atom stereocenters. The summed E-state index contributed by atoms with van der Waals surface area (Å²) in [5.74, 6) is -4.20. The van der Waals surface area contributed by atoms with E-state index in [4.69, 9.17) is 4.74 Å². The van der Waals surface area contributed by atoms with Crippen molar-refractivity contribution in [1.29, 1.82) is 0 Å². The van der Waals surface area contributed by atoms with Crippen LogP contribution in [0.5, 0.6) is 0 Å². The highest BCUT2D eigenvalue weighted by Crippen LogP contribution is 2.27. The van der Waals surface area contributed by atoms with Crippen molar-refractivity contribution in [2.75, 3.05) is 6.61 Å². The van der Waals surface area contributed by atoms with E-state index in [-0.39, 0.29) is 23.4 Å². The number of benzene rings is 2. The predicted octanol–water partition coefficient (Wildman–Crippen LogP) is 1.93. The highest BCUT2D eigenvalue weighted by Gasteiger charge is 2.35. The largest absolute Gasteiger partial charge is 0.480 e. The minimum atomic E-state index is -1.62. The van der Waals surface area contributed by atoms with Gasteiger partial charge in [0.25, 0.3) is 11.6 Å². The number of carboxylic acids is 1. The first-order chi connectivity index (χ1) is 14.7. The van der Waals surface area contributed by atoms with Crippen molar-refractivity contribution >= 4 is 23.5 Å². The molecule has 0 heterocycles. The van der Waals surface area contributed by atoms with Gasteiger partial charge in [-0.2, -0.15) is 0 Å². The lowest BCUT2D eigenvalue weighted by molar-refractivity contribution is -0.384. The summed E-state index contributed by atoms with van der Waals surface area (Å²) in [5, 5.41) is 33.2. The van der Waals surface area contributed by atoms with Crippen molar-refractivity contribution in [3.05, 3.63) is 75.8 Å². The second kappa shape index (κ2) is 10.8. The number of aliphatic hydroxyl groups excluding tert-OH is 1. The Labute approximate surface area is 177 Å². The molecule has 0 radical (unpaired) electrons. The minimum absolute atomic E-state index is 0.0721. The molecule has 0 saturated heterocycles. The summed E-state index contributed by atoms with van der Waals surface area (Å²) < 4.78 is 4.91. The molecule has 0 bridgehead atoms. The molecule has 10 nitrogen and oxygen atoms in total. The quantitative estimate of drug-likeness (QED) is 0.293. The minimum Gasteiger partial charge on any atom is -0.480 e. The maximum atomic E-state index is 12.5. The number of carbonyl (C=O) groups excluding carboxylic acids is 2. The Morgan fingerprint density at radius 3 is 2.19 bits per heavy atom. The van der Waals surface area contributed by atoms with E-state index in [1.54, 1.807) is 25.1 Å². The molecule has 31 heavy (non-hydrogen) atoms. The van der Waals surface area contributed by atoms with Gasteiger partial charge in [-0.05, 0) is 18.1 Å². The number of rotatable bonds is 10. The van der Waals surface area contributed by atoms with Gasteiger partial charge in [-0.3, -0.25) is 19.7 Å². The van der Waals surface area contributed by atoms with E-state index in [0.717, 1.165) is 0 Å². The van der Waals surface area contributed by atoms with Crippen LogP contribution in [0.4, 0.5) is 5.69 Å². The lowest BCUT2D eigenvalue weighted by Gasteiger charge is -2.25. The van der Waals surface area contributed by atoms with E-state index >= 15 is 0 Å². The van der Waals surface area contributed by atoms with E-state index in [0.29, 0.717) is 0 Å². The van der Waals surface area contributed by atoms with Gasteiger partial charge in [-0.15, -0.1) is 0 Å². The van der Waals surface area contributed by atoms with Crippen LogP contribution in [-0.2, 0) is 19.1 Å². The summed E-state index contributed by atoms with van der Waals surface area (Å²) in [6.07, 6.45) is -2.02. The third-order valence-corrected chi connectivity index (χ3v) is 4.55. The molecule has 0 fully saturated rings. The van der Waals surface area contributed by atoms with Gasteiger partial charge in [0.2, 0.25) is 0 Å². The first-order valence-electron chi connectivity index (χ1n) is 9.40. The number of nitrogens with zero attached hydrogens (tertiary/aromatic N) is 1. The summed E-state index contributed by atoms with van der Waals surface area (Å²) in [5.41, 5.74) is 0.330. The van der Waals surface area contributed by atoms with Crippen LogP contribution >= 0.6 is 0 Å². The molecule has 0 spiro atoms. The third kappa shape index (κ3) is 6.34. The highest BCUT2D eigenvalue weighted by molar-refractivity contribution is 5.88. The van der Waals surface area contributed by atoms with Crippen molar-refractivity contribution in [1.82, 2.24) is 5.32 Å². The lowest BCUT2D eigenvalue weighted by Crippen LogP contribution is -2.47. The molecule has 0 saturated carbocycles. The molecule has 1 amide bonds. The van der Waals surface area contributed by atoms with Crippen LogP contribution < -0.4 is 5.32 Å². The van der Waals surface area contributed by atoms with Crippen molar-refractivity contribution in [3.63, 3.8) is 0 Å². The Bertz CT molecular complexity index is 930. The van der Waals surface area contributed by atoms with Gasteiger partial charge >= 0.3 is 11.9 Å². The maximum Gasteiger partial charge on any atom is 0.326 e. The normalized spacial score (nSPS) is 13.5. The number of carbonyl (C=O) groups is 3. The number of hydrogen-bond acceptors (Lipinski definition) is 7. The number of carboxylic acid groups (broad SMARTS) is 1. The zero-order valence-electron chi connectivity index (χ0n) is 16.6. The molecule has 164 valence electrons. The molecule has 0 aromatic heterocycles. The van der Waals surface area contributed by atoms with Crippen LogP contribution in [0.25, 0.3) is 0 Å². The van der Waals surface area contributed by atoms with Crippen molar-refractivity contribution in [3.8, 4) is 0 Å². The van der Waals surface area contributed by atoms with Crippen molar-refractivity contribution < 1.29 is 34.3 Å². The van der Waals surface area contributed by atoms with Crippen LogP contribution in [-0.4, -0.2) is 45.6 Å². The molecule has 2 aromatic carbocycles. The Hall–Kier alpha value is -3.79. The van der Waals surface area contributed by atoms with Crippen molar-refractivity contribution in [2.24, 2.45) is 0 Å². The number of amides is 1. The number of nitro groups is 1. The number of aliphatic hydroxyl groups is 1. The molecule has 0 aliphatic heterocycles. The fraction of sp³-hybridized carbons (Fsp3) is 0.286. The maximum absolute atomic E-state index is 12.5. The number of non-ortho nitro benzene ring substituents is 1. The number of hydrogen-bond donors (Lipinski definition) is 3. The topological polar surface area (TPSA) is 156 Å². The van der Waals surface area contributed by atoms with E-state index in [1.807, 2.05) is 0 Å². The average Bonchev–Trinajstić information content (AvgIpc) is 2.76. The van der Waals surface area contributed by atoms with Gasteiger partial charge in [0.15, 0.2) is 6.10 Å². The molecule has 0 aliphatic carbocycles. The molecule has 2 rings (SSSR count). The first kappa shape index (κ1) is 23.5. The lowest BCUT2D eigenvalue weighted by atomic mass is 9.88. The second-order valence-corrected chi connectivity index (χ2v) is 6.60. The molecule has 3 N–H and O–H groups in total. The Morgan fingerprint density at radius 2 is 1.68 bits per heavy atom. The van der Waals surface area contributed by atoms with E-state index < -0.39 is 47.3 Å². The summed E-state index contributed by atoms with van der Waals surface area (Å²) in [7, 11) is 0. The Balaban J connectivity index is 2.34. The van der Waals surface area contributed by atoms with E-state index in [1.165, 1.54) is 36.4 Å². The van der Waals surface area contributed by atoms with E-state index in [9.17, 15) is 34.7 Å². The van der Waals surface area contributed by atoms with Crippen LogP contribution in [0.15, 0.2) is 54.6 Å². The van der Waals surface area contributed by atoms with Gasteiger partial charge in [0.1, 0.15) is 6.04 Å². The zero-order valence-corrected chi connectivity index (χ0v) is 16.6. The van der Waals surface area contributed by atoms with Gasteiger partial charge in [-0.25, -0.2) is 4.79 Å². The SMILES string of the molecule is CCOC(=O)C[C@H](c1ccc([N+](=O)[O-])cc1)[C@H](NC(=O)[C@@H](O)c1ccccc1)C(=O)O. The van der Waals surface area contributed by atoms with Crippen LogP contribution in [0.3, 0.4) is 0 Å². The molecule has 2 aromatic rings. The number of aliphatic carboxylic acids is 1. The predicted molar refractivity (Wildman–Crippen MR) is 108 cm³/mol. The highest BCUT2D eigenvalue weighted by atomic mass is 16.6. The summed E-state index contributed by atoms with van der Waals surface area (Å²) in [6.45, 7) is 1.66. The Morgan fingerprint density at radius 1 is 1.06 bits per heavy atom. The summed E-state index contributed by atoms with van der Waals surface area (Å²) >= 11 is 0. The molecular weight excluding hydrogens is 408 g/mol. The summed E-state index contributed by atoms with van der Waals surface area (Å²) in [6, 6.07) is 11.3. The average molecular weight is 430 g/mol. The summed E-state index contributed by atoms with van der Waals surface area (Å²) in [4.78, 5) is 46.9. The Kier molecular flexibility index (Phi) is 8.21. The number of esters is 1. The van der Waals surface area contributed by atoms with Gasteiger partial charge in [-0.1, -0.05) is 42.5 Å². The molecule has 3 atom stereocenters. The van der Waals surface area contributed by atoms with E-state index in [2.05, 4.69) is 5.32 Å². The van der Waals surface area contributed by atoms with Gasteiger partial charge in [0, 0.05) is 18.1 Å². The van der Waals surface area contributed by atoms with Crippen molar-refractivity contribution in [2.45, 2.75) is 31.4 Å². The third-order valence-electron chi connectivity index (χ3n) is 4.55. The first-order valence-corrected chi connectivity index (χ1v) is 9.40. The fourth-order valence-corrected chi connectivity index (χ4v) is 3.02. The smallest absolute Gasteiger partial charge is 0.326 e. The number of nitro benzene ring substituents is 1. The van der Waals surface area contributed by atoms with Crippen LogP contribution in [0, 0.1) is 10.1 Å². The van der Waals surface area contributed by atoms with Crippen LogP contribution in [0.1, 0.15) is 36.5 Å². The zero-order chi connectivity index (χ0) is 23.0. The number of ether oxygens (including phenoxy) is 1. The number of nitrogens with one attached hydrogen (secondary N) is 1. The van der Waals surface area contributed by atoms with Gasteiger partial charge < -0.3 is 20.3 Å². The molecular formula is C21H22N2O8. The molecule has 0 aliphatic rings. The fourth-order valence-electron chi connectivity index (χ4n) is 3.02.